The molecule has 2 rings (SSSR count). The van der Waals surface area contributed by atoms with E-state index in [1.165, 1.54) is 23.1 Å². The summed E-state index contributed by atoms with van der Waals surface area (Å²) >= 11 is 1.82. The Morgan fingerprint density at radius 2 is 2.16 bits per heavy atom. The maximum Gasteiger partial charge on any atom is 0.325 e. The Kier molecular flexibility index (Phi) is 4.21. The van der Waals surface area contributed by atoms with Gasteiger partial charge < -0.3 is 10.5 Å². The predicted octanol–water partition coefficient (Wildman–Crippen LogP) is 2.82. The Morgan fingerprint density at radius 1 is 1.42 bits per heavy atom. The lowest BCUT2D eigenvalue weighted by Crippen LogP contribution is -2.46. The molecule has 1 aromatic rings. The summed E-state index contributed by atoms with van der Waals surface area (Å²) in [5.74, 6) is -0.282. The molecule has 4 heteroatoms. The van der Waals surface area contributed by atoms with Gasteiger partial charge in [-0.25, -0.2) is 0 Å². The first-order valence-electron chi connectivity index (χ1n) is 6.56. The summed E-state index contributed by atoms with van der Waals surface area (Å²) in [7, 11) is 1.40. The first-order valence-corrected chi connectivity index (χ1v) is 7.44. The number of hydrogen-bond acceptors (Lipinski definition) is 4. The Hall–Kier alpha value is -1.00. The zero-order valence-corrected chi connectivity index (χ0v) is 12.5. The summed E-state index contributed by atoms with van der Waals surface area (Å²) in [4.78, 5) is 12.9. The Bertz CT molecular complexity index is 489. The van der Waals surface area contributed by atoms with Gasteiger partial charge in [0, 0.05) is 10.1 Å². The maximum absolute atomic E-state index is 11.7. The molecule has 1 aromatic carbocycles. The number of methoxy groups -OCH3 is 1. The standard InChI is InChI=1S/C15H21NO2S/c1-10-4-5-12(8-11(10)2)19-13-6-7-15(16,9-13)14(17)18-3/h4-5,8,13H,6-7,9,16H2,1-3H3. The summed E-state index contributed by atoms with van der Waals surface area (Å²) in [6.45, 7) is 4.23. The largest absolute Gasteiger partial charge is 0.468 e. The first-order chi connectivity index (χ1) is 8.94. The van der Waals surface area contributed by atoms with Crippen molar-refractivity contribution in [3.63, 3.8) is 0 Å². The molecule has 0 spiro atoms. The van der Waals surface area contributed by atoms with E-state index in [2.05, 4.69) is 32.0 Å². The molecule has 2 unspecified atom stereocenters. The summed E-state index contributed by atoms with van der Waals surface area (Å²) in [5, 5.41) is 0.395. The van der Waals surface area contributed by atoms with Crippen LogP contribution >= 0.6 is 11.8 Å². The zero-order valence-electron chi connectivity index (χ0n) is 11.7. The number of benzene rings is 1. The quantitative estimate of drug-likeness (QED) is 0.864. The van der Waals surface area contributed by atoms with Gasteiger partial charge in [0.1, 0.15) is 5.54 Å². The lowest BCUT2D eigenvalue weighted by atomic mass is 10.00. The van der Waals surface area contributed by atoms with Gasteiger partial charge in [-0.2, -0.15) is 0 Å². The van der Waals surface area contributed by atoms with E-state index in [1.807, 2.05) is 11.8 Å². The summed E-state index contributed by atoms with van der Waals surface area (Å²) in [5.41, 5.74) is 7.94. The number of esters is 1. The van der Waals surface area contributed by atoms with Crippen LogP contribution in [-0.4, -0.2) is 23.9 Å². The predicted molar refractivity (Wildman–Crippen MR) is 78.3 cm³/mol. The van der Waals surface area contributed by atoms with Gasteiger partial charge in [-0.05, 0) is 56.4 Å². The number of nitrogens with two attached hydrogens (primary N) is 1. The van der Waals surface area contributed by atoms with Crippen LogP contribution in [0.5, 0.6) is 0 Å². The molecule has 0 radical (unpaired) electrons. The summed E-state index contributed by atoms with van der Waals surface area (Å²) < 4.78 is 4.80. The smallest absolute Gasteiger partial charge is 0.325 e. The van der Waals surface area contributed by atoms with Crippen LogP contribution in [0.25, 0.3) is 0 Å². The minimum Gasteiger partial charge on any atom is -0.468 e. The van der Waals surface area contributed by atoms with Crippen LogP contribution in [0.4, 0.5) is 0 Å². The molecule has 1 aliphatic carbocycles. The number of thioether (sulfide) groups is 1. The third-order valence-electron chi connectivity index (χ3n) is 3.88. The van der Waals surface area contributed by atoms with Crippen molar-refractivity contribution in [2.75, 3.05) is 7.11 Å². The number of aryl methyl sites for hydroxylation is 2. The van der Waals surface area contributed by atoms with Crippen molar-refractivity contribution in [2.45, 2.75) is 48.8 Å². The Labute approximate surface area is 118 Å². The van der Waals surface area contributed by atoms with Gasteiger partial charge in [0.25, 0.3) is 0 Å². The van der Waals surface area contributed by atoms with Crippen molar-refractivity contribution < 1.29 is 9.53 Å². The van der Waals surface area contributed by atoms with Crippen LogP contribution in [0.1, 0.15) is 30.4 Å². The van der Waals surface area contributed by atoms with Crippen molar-refractivity contribution in [1.82, 2.24) is 0 Å². The number of ether oxygens (including phenoxy) is 1. The molecule has 0 bridgehead atoms. The highest BCUT2D eigenvalue weighted by molar-refractivity contribution is 8.00. The molecule has 0 heterocycles. The lowest BCUT2D eigenvalue weighted by Gasteiger charge is -2.20. The molecular weight excluding hydrogens is 258 g/mol. The topological polar surface area (TPSA) is 52.3 Å². The highest BCUT2D eigenvalue weighted by atomic mass is 32.2. The summed E-state index contributed by atoms with van der Waals surface area (Å²) in [6, 6.07) is 6.49. The SMILES string of the molecule is COC(=O)C1(N)CCC(Sc2ccc(C)c(C)c2)C1. The van der Waals surface area contributed by atoms with E-state index in [-0.39, 0.29) is 5.97 Å². The van der Waals surface area contributed by atoms with Crippen LogP contribution in [-0.2, 0) is 9.53 Å². The number of rotatable bonds is 3. The molecule has 1 saturated carbocycles. The van der Waals surface area contributed by atoms with E-state index in [0.29, 0.717) is 18.1 Å². The van der Waals surface area contributed by atoms with E-state index < -0.39 is 5.54 Å². The molecule has 1 aliphatic rings. The zero-order chi connectivity index (χ0) is 14.0. The molecular formula is C15H21NO2S. The molecule has 19 heavy (non-hydrogen) atoms. The second-order valence-electron chi connectivity index (χ2n) is 5.38. The number of hydrogen-bond donors (Lipinski definition) is 1. The monoisotopic (exact) mass is 279 g/mol. The van der Waals surface area contributed by atoms with Crippen LogP contribution in [0.15, 0.2) is 23.1 Å². The van der Waals surface area contributed by atoms with Gasteiger partial charge >= 0.3 is 5.97 Å². The highest BCUT2D eigenvalue weighted by Crippen LogP contribution is 2.39. The highest BCUT2D eigenvalue weighted by Gasteiger charge is 2.43. The van der Waals surface area contributed by atoms with Crippen LogP contribution in [0.2, 0.25) is 0 Å². The van der Waals surface area contributed by atoms with Crippen LogP contribution < -0.4 is 5.73 Å². The van der Waals surface area contributed by atoms with Crippen molar-refractivity contribution in [3.8, 4) is 0 Å². The second kappa shape index (κ2) is 5.55. The molecule has 1 fully saturated rings. The van der Waals surface area contributed by atoms with Crippen LogP contribution in [0.3, 0.4) is 0 Å². The molecule has 3 nitrogen and oxygen atoms in total. The first kappa shape index (κ1) is 14.4. The normalized spacial score (nSPS) is 26.4. The summed E-state index contributed by atoms with van der Waals surface area (Å²) in [6.07, 6.45) is 2.36. The second-order valence-corrected chi connectivity index (χ2v) is 6.75. The Morgan fingerprint density at radius 3 is 2.79 bits per heavy atom. The molecule has 0 aliphatic heterocycles. The fraction of sp³-hybridized carbons (Fsp3) is 0.533. The van der Waals surface area contributed by atoms with Gasteiger partial charge in [-0.15, -0.1) is 11.8 Å². The third-order valence-corrected chi connectivity index (χ3v) is 5.14. The van der Waals surface area contributed by atoms with Crippen molar-refractivity contribution >= 4 is 17.7 Å². The molecule has 2 atom stereocenters. The molecule has 0 saturated heterocycles. The lowest BCUT2D eigenvalue weighted by molar-refractivity contribution is -0.146. The van der Waals surface area contributed by atoms with Gasteiger partial charge in [-0.1, -0.05) is 6.07 Å². The van der Waals surface area contributed by atoms with Gasteiger partial charge in [0.05, 0.1) is 7.11 Å². The van der Waals surface area contributed by atoms with E-state index >= 15 is 0 Å². The molecule has 2 N–H and O–H groups in total. The van der Waals surface area contributed by atoms with Gasteiger partial charge in [-0.3, -0.25) is 4.79 Å². The molecule has 0 amide bonds. The third kappa shape index (κ3) is 3.12. The van der Waals surface area contributed by atoms with Crippen molar-refractivity contribution in [3.05, 3.63) is 29.3 Å². The van der Waals surface area contributed by atoms with Gasteiger partial charge in [0.2, 0.25) is 0 Å². The fourth-order valence-corrected chi connectivity index (χ4v) is 3.89. The Balaban J connectivity index is 2.02. The maximum atomic E-state index is 11.7. The number of carbonyl (C=O) groups is 1. The van der Waals surface area contributed by atoms with E-state index in [4.69, 9.17) is 10.5 Å². The van der Waals surface area contributed by atoms with Crippen molar-refractivity contribution in [2.24, 2.45) is 5.73 Å². The molecule has 0 aromatic heterocycles. The minimum absolute atomic E-state index is 0.282. The van der Waals surface area contributed by atoms with Crippen LogP contribution in [0, 0.1) is 13.8 Å². The van der Waals surface area contributed by atoms with E-state index in [9.17, 15) is 4.79 Å². The fourth-order valence-electron chi connectivity index (χ4n) is 2.50. The number of carbonyl (C=O) groups excluding carboxylic acids is 1. The molecule has 104 valence electrons. The minimum atomic E-state index is -0.786. The van der Waals surface area contributed by atoms with Crippen molar-refractivity contribution in [1.29, 1.82) is 0 Å². The average molecular weight is 279 g/mol. The van der Waals surface area contributed by atoms with E-state index in [0.717, 1.165) is 6.42 Å². The average Bonchev–Trinajstić information content (AvgIpc) is 2.76. The van der Waals surface area contributed by atoms with Gasteiger partial charge in [0.15, 0.2) is 0 Å². The van der Waals surface area contributed by atoms with E-state index in [1.54, 1.807) is 0 Å².